The van der Waals surface area contributed by atoms with E-state index in [1.54, 1.807) is 11.3 Å². The van der Waals surface area contributed by atoms with Gasteiger partial charge >= 0.3 is 0 Å². The summed E-state index contributed by atoms with van der Waals surface area (Å²) in [6, 6.07) is 6.19. The zero-order chi connectivity index (χ0) is 13.8. The van der Waals surface area contributed by atoms with Gasteiger partial charge in [-0.1, -0.05) is 11.3 Å². The first-order valence-corrected chi connectivity index (χ1v) is 7.05. The van der Waals surface area contributed by atoms with E-state index in [1.807, 2.05) is 19.1 Å². The summed E-state index contributed by atoms with van der Waals surface area (Å²) >= 11 is 1.69. The van der Waals surface area contributed by atoms with Crippen LogP contribution in [0.4, 0.5) is 5.82 Å². The van der Waals surface area contributed by atoms with Crippen molar-refractivity contribution in [2.75, 3.05) is 5.73 Å². The third-order valence-electron chi connectivity index (χ3n) is 3.11. The topological polar surface area (TPSA) is 66.6 Å². The fourth-order valence-corrected chi connectivity index (χ4v) is 2.93. The van der Waals surface area contributed by atoms with Gasteiger partial charge in [0.15, 0.2) is 12.2 Å². The molecule has 2 rings (SSSR count). The van der Waals surface area contributed by atoms with Crippen LogP contribution in [0.5, 0.6) is 0 Å². The van der Waals surface area contributed by atoms with Crippen LogP contribution in [0.25, 0.3) is 0 Å². The van der Waals surface area contributed by atoms with E-state index >= 15 is 0 Å². The van der Waals surface area contributed by atoms with Crippen molar-refractivity contribution in [1.82, 2.24) is 4.98 Å². The predicted octanol–water partition coefficient (Wildman–Crippen LogP) is -0.862. The van der Waals surface area contributed by atoms with E-state index in [0.29, 0.717) is 12.2 Å². The molecule has 0 aliphatic rings. The molecule has 0 aromatic carbocycles. The second kappa shape index (κ2) is 7.22. The number of hydrogen-bond acceptors (Lipinski definition) is 4. The van der Waals surface area contributed by atoms with Gasteiger partial charge < -0.3 is 18.1 Å². The molecular formula is C14H17ClN4S. The third kappa shape index (κ3) is 3.69. The number of nitrogens with two attached hydrogens (primary N) is 1. The zero-order valence-corrected chi connectivity index (χ0v) is 13.1. The Morgan fingerprint density at radius 1 is 1.40 bits per heavy atom. The highest BCUT2D eigenvalue weighted by molar-refractivity contribution is 7.09. The zero-order valence-electron chi connectivity index (χ0n) is 11.6. The molecule has 2 aromatic heterocycles. The standard InChI is InChI=1S/C14H17N4S.ClH/c1-10-5-6-12(14(16)17-10)8-18-9-19-13(11(18)2)4-3-7-15;/h5-6,9H,3-4,8H2,1-2H3,(H2,16,17);1H/q+1;/p-1. The smallest absolute Gasteiger partial charge is 0.225 e. The molecule has 0 aliphatic carbocycles. The van der Waals surface area contributed by atoms with E-state index in [1.165, 1.54) is 10.6 Å². The van der Waals surface area contributed by atoms with Crippen molar-refractivity contribution < 1.29 is 17.0 Å². The quantitative estimate of drug-likeness (QED) is 0.747. The van der Waals surface area contributed by atoms with Gasteiger partial charge in [-0.3, -0.25) is 0 Å². The fraction of sp³-hybridized carbons (Fsp3) is 0.357. The Labute approximate surface area is 129 Å². The summed E-state index contributed by atoms with van der Waals surface area (Å²) in [4.78, 5) is 5.54. The van der Waals surface area contributed by atoms with Crippen molar-refractivity contribution in [3.63, 3.8) is 0 Å². The van der Waals surface area contributed by atoms with Gasteiger partial charge in [0.1, 0.15) is 5.82 Å². The van der Waals surface area contributed by atoms with Crippen molar-refractivity contribution in [2.45, 2.75) is 33.2 Å². The Morgan fingerprint density at radius 2 is 2.15 bits per heavy atom. The lowest BCUT2D eigenvalue weighted by atomic mass is 10.2. The summed E-state index contributed by atoms with van der Waals surface area (Å²) in [5, 5.41) is 8.65. The Morgan fingerprint density at radius 3 is 2.80 bits per heavy atom. The lowest BCUT2D eigenvalue weighted by Crippen LogP contribution is -3.00. The van der Waals surface area contributed by atoms with Crippen LogP contribution in [0.15, 0.2) is 17.6 Å². The molecule has 0 saturated heterocycles. The van der Waals surface area contributed by atoms with Crippen LogP contribution in [0, 0.1) is 25.2 Å². The molecule has 20 heavy (non-hydrogen) atoms. The molecule has 2 heterocycles. The summed E-state index contributed by atoms with van der Waals surface area (Å²) in [6.45, 7) is 4.75. The van der Waals surface area contributed by atoms with Crippen molar-refractivity contribution >= 4 is 17.2 Å². The molecule has 0 fully saturated rings. The van der Waals surface area contributed by atoms with Crippen LogP contribution < -0.4 is 22.7 Å². The number of hydrogen-bond donors (Lipinski definition) is 1. The molecule has 2 N–H and O–H groups in total. The van der Waals surface area contributed by atoms with Gasteiger partial charge in [-0.25, -0.2) is 4.98 Å². The van der Waals surface area contributed by atoms with Crippen LogP contribution in [0.1, 0.15) is 28.2 Å². The molecule has 0 unspecified atom stereocenters. The molecule has 0 atom stereocenters. The molecule has 106 valence electrons. The molecular weight excluding hydrogens is 292 g/mol. The SMILES string of the molecule is Cc1ccc(C[n+]2csc(CCC#N)c2C)c(N)n1.[Cl-]. The number of aromatic nitrogens is 2. The lowest BCUT2D eigenvalue weighted by molar-refractivity contribution is -0.689. The van der Waals surface area contributed by atoms with Gasteiger partial charge in [0, 0.05) is 25.5 Å². The maximum Gasteiger partial charge on any atom is 0.225 e. The number of nitrogens with zero attached hydrogens (tertiary/aromatic N) is 3. The van der Waals surface area contributed by atoms with Crippen molar-refractivity contribution in [2.24, 2.45) is 0 Å². The minimum atomic E-state index is 0. The molecule has 4 nitrogen and oxygen atoms in total. The minimum absolute atomic E-state index is 0. The summed E-state index contributed by atoms with van der Waals surface area (Å²) in [5.74, 6) is 0.594. The molecule has 0 aliphatic heterocycles. The Balaban J connectivity index is 0.00000200. The van der Waals surface area contributed by atoms with E-state index in [-0.39, 0.29) is 12.4 Å². The fourth-order valence-electron chi connectivity index (χ4n) is 1.94. The van der Waals surface area contributed by atoms with E-state index in [4.69, 9.17) is 11.0 Å². The number of nitriles is 1. The minimum Gasteiger partial charge on any atom is -1.00 e. The van der Waals surface area contributed by atoms with Crippen molar-refractivity contribution in [3.8, 4) is 6.07 Å². The van der Waals surface area contributed by atoms with E-state index in [0.717, 1.165) is 24.2 Å². The molecule has 0 bridgehead atoms. The highest BCUT2D eigenvalue weighted by Crippen LogP contribution is 2.15. The van der Waals surface area contributed by atoms with Crippen LogP contribution in [-0.2, 0) is 13.0 Å². The van der Waals surface area contributed by atoms with Crippen LogP contribution in [-0.4, -0.2) is 4.98 Å². The summed E-state index contributed by atoms with van der Waals surface area (Å²) in [6.07, 6.45) is 1.39. The Bertz CT molecular complexity index is 631. The van der Waals surface area contributed by atoms with Gasteiger partial charge in [0.05, 0.1) is 16.5 Å². The summed E-state index contributed by atoms with van der Waals surface area (Å²) < 4.78 is 2.17. The maximum absolute atomic E-state index is 8.65. The third-order valence-corrected chi connectivity index (χ3v) is 4.26. The molecule has 0 saturated carbocycles. The molecule has 0 radical (unpaired) electrons. The van der Waals surface area contributed by atoms with Gasteiger partial charge in [-0.2, -0.15) is 9.83 Å². The van der Waals surface area contributed by atoms with Gasteiger partial charge in [0.25, 0.3) is 0 Å². The number of nitrogen functional groups attached to an aromatic ring is 1. The number of aryl methyl sites for hydroxylation is 2. The average Bonchev–Trinajstić information content (AvgIpc) is 2.72. The number of halogens is 1. The van der Waals surface area contributed by atoms with E-state index in [2.05, 4.69) is 28.1 Å². The number of anilines is 1. The second-order valence-corrected chi connectivity index (χ2v) is 5.45. The maximum atomic E-state index is 8.65. The predicted molar refractivity (Wildman–Crippen MR) is 75.7 cm³/mol. The van der Waals surface area contributed by atoms with Gasteiger partial charge in [-0.05, 0) is 19.1 Å². The van der Waals surface area contributed by atoms with E-state index < -0.39 is 0 Å². The molecule has 2 aromatic rings. The molecule has 0 spiro atoms. The summed E-state index contributed by atoms with van der Waals surface area (Å²) in [7, 11) is 0. The van der Waals surface area contributed by atoms with Crippen LogP contribution in [0.3, 0.4) is 0 Å². The first kappa shape index (κ1) is 16.4. The molecule has 0 amide bonds. The highest BCUT2D eigenvalue weighted by atomic mass is 35.5. The lowest BCUT2D eigenvalue weighted by Gasteiger charge is -2.02. The summed E-state index contributed by atoms with van der Waals surface area (Å²) in [5.41, 5.74) is 11.2. The van der Waals surface area contributed by atoms with Crippen molar-refractivity contribution in [3.05, 3.63) is 39.5 Å². The van der Waals surface area contributed by atoms with Crippen molar-refractivity contribution in [1.29, 1.82) is 5.26 Å². The number of rotatable bonds is 4. The second-order valence-electron chi connectivity index (χ2n) is 4.51. The number of thiazole rings is 1. The largest absolute Gasteiger partial charge is 1.00 e. The Hall–Kier alpha value is -1.64. The normalized spacial score (nSPS) is 9.85. The average molecular weight is 309 g/mol. The monoisotopic (exact) mass is 308 g/mol. The first-order valence-electron chi connectivity index (χ1n) is 6.17. The first-order chi connectivity index (χ1) is 9.11. The Kier molecular flexibility index (Phi) is 5.93. The highest BCUT2D eigenvalue weighted by Gasteiger charge is 2.16. The number of pyridine rings is 1. The van der Waals surface area contributed by atoms with Crippen LogP contribution >= 0.6 is 11.3 Å². The van der Waals surface area contributed by atoms with Gasteiger partial charge in [0.2, 0.25) is 5.51 Å². The van der Waals surface area contributed by atoms with Gasteiger partial charge in [-0.15, -0.1) is 0 Å². The van der Waals surface area contributed by atoms with Crippen LogP contribution in [0.2, 0.25) is 0 Å². The molecule has 6 heteroatoms. The van der Waals surface area contributed by atoms with E-state index in [9.17, 15) is 0 Å².